The highest BCUT2D eigenvalue weighted by Gasteiger charge is 2.41. The molecule has 0 amide bonds. The number of fused-ring (bicyclic) bond motifs is 4. The number of nitrogens with zero attached hydrogens (tertiary/aromatic N) is 3. The maximum Gasteiger partial charge on any atom is 0.160 e. The van der Waals surface area contributed by atoms with E-state index in [9.17, 15) is 0 Å². The monoisotopic (exact) mass is 573 g/mol. The number of hydrogen-bond acceptors (Lipinski definition) is 4. The Bertz CT molecular complexity index is 2100. The van der Waals surface area contributed by atoms with Gasteiger partial charge in [0.2, 0.25) is 0 Å². The third kappa shape index (κ3) is 4.04. The first-order chi connectivity index (χ1) is 20.6. The van der Waals surface area contributed by atoms with Gasteiger partial charge in [0.05, 0.1) is 21.6 Å². The average molecular weight is 574 g/mol. The molecule has 0 saturated carbocycles. The Balaban J connectivity index is 1.26. The molecule has 0 aliphatic carbocycles. The summed E-state index contributed by atoms with van der Waals surface area (Å²) in [6, 6.07) is 45.0. The summed E-state index contributed by atoms with van der Waals surface area (Å²) in [5.74, 6) is 0.762. The third-order valence-electron chi connectivity index (χ3n) is 8.29. The summed E-state index contributed by atoms with van der Waals surface area (Å²) < 4.78 is 1.20. The lowest BCUT2D eigenvalue weighted by Gasteiger charge is -2.21. The SMILES string of the molecule is C[Si]1(C)c2ccccc2-c2nc(-c3cccc(-c4cccc(-c5nc6ccccc6s5)c4)c3)nc(-c3ccccc3)c21. The van der Waals surface area contributed by atoms with Crippen LogP contribution in [0.15, 0.2) is 127 Å². The van der Waals surface area contributed by atoms with Crippen molar-refractivity contribution >= 4 is 40.0 Å². The van der Waals surface area contributed by atoms with Crippen LogP contribution in [0.1, 0.15) is 0 Å². The van der Waals surface area contributed by atoms with E-state index < -0.39 is 8.07 Å². The minimum absolute atomic E-state index is 0.762. The fourth-order valence-corrected chi connectivity index (χ4v) is 10.4. The first kappa shape index (κ1) is 25.0. The van der Waals surface area contributed by atoms with E-state index in [2.05, 4.69) is 134 Å². The molecule has 5 aromatic carbocycles. The maximum atomic E-state index is 5.30. The molecular weight excluding hydrogens is 547 g/mol. The van der Waals surface area contributed by atoms with E-state index in [1.807, 2.05) is 6.07 Å². The minimum atomic E-state index is -1.98. The van der Waals surface area contributed by atoms with E-state index in [0.29, 0.717) is 0 Å². The molecule has 42 heavy (non-hydrogen) atoms. The molecular formula is C37H27N3SSi. The van der Waals surface area contributed by atoms with Gasteiger partial charge in [-0.3, -0.25) is 0 Å². The van der Waals surface area contributed by atoms with Gasteiger partial charge in [-0.1, -0.05) is 116 Å². The van der Waals surface area contributed by atoms with Crippen molar-refractivity contribution in [3.8, 4) is 55.6 Å². The van der Waals surface area contributed by atoms with Crippen molar-refractivity contribution in [1.29, 1.82) is 0 Å². The molecule has 0 bridgehead atoms. The number of thiazole rings is 1. The summed E-state index contributed by atoms with van der Waals surface area (Å²) in [7, 11) is -1.98. The maximum absolute atomic E-state index is 5.30. The predicted molar refractivity (Wildman–Crippen MR) is 179 cm³/mol. The third-order valence-corrected chi connectivity index (χ3v) is 12.9. The second-order valence-corrected chi connectivity index (χ2v) is 16.6. The van der Waals surface area contributed by atoms with Crippen LogP contribution in [0, 0.1) is 0 Å². The molecule has 3 nitrogen and oxygen atoms in total. The topological polar surface area (TPSA) is 38.7 Å². The Morgan fingerprint density at radius 1 is 0.524 bits per heavy atom. The van der Waals surface area contributed by atoms with Gasteiger partial charge < -0.3 is 0 Å². The molecule has 0 N–H and O–H groups in total. The Hall–Kier alpha value is -4.71. The zero-order valence-corrected chi connectivity index (χ0v) is 25.2. The fraction of sp³-hybridized carbons (Fsp3) is 0.0541. The van der Waals surface area contributed by atoms with Crippen LogP contribution in [0.4, 0.5) is 0 Å². The smallest absolute Gasteiger partial charge is 0.160 e. The number of para-hydroxylation sites is 1. The highest BCUT2D eigenvalue weighted by atomic mass is 32.1. The van der Waals surface area contributed by atoms with E-state index in [1.165, 1.54) is 20.6 Å². The lowest BCUT2D eigenvalue weighted by Crippen LogP contribution is -2.50. The summed E-state index contributed by atoms with van der Waals surface area (Å²) in [4.78, 5) is 15.5. The van der Waals surface area contributed by atoms with Crippen molar-refractivity contribution in [1.82, 2.24) is 15.0 Å². The van der Waals surface area contributed by atoms with Crippen molar-refractivity contribution in [2.45, 2.75) is 13.1 Å². The fourth-order valence-electron chi connectivity index (χ4n) is 6.22. The quantitative estimate of drug-likeness (QED) is 0.198. The van der Waals surface area contributed by atoms with Gasteiger partial charge in [0, 0.05) is 16.7 Å². The molecule has 7 aromatic rings. The van der Waals surface area contributed by atoms with Crippen LogP contribution in [0.2, 0.25) is 13.1 Å². The summed E-state index contributed by atoms with van der Waals surface area (Å²) >= 11 is 1.73. The second kappa shape index (κ2) is 9.69. The van der Waals surface area contributed by atoms with E-state index in [-0.39, 0.29) is 0 Å². The number of benzene rings is 5. The van der Waals surface area contributed by atoms with Gasteiger partial charge in [-0.2, -0.15) is 0 Å². The summed E-state index contributed by atoms with van der Waals surface area (Å²) in [6.45, 7) is 4.85. The van der Waals surface area contributed by atoms with Gasteiger partial charge in [0.1, 0.15) is 13.1 Å². The van der Waals surface area contributed by atoms with Crippen molar-refractivity contribution in [3.63, 3.8) is 0 Å². The van der Waals surface area contributed by atoms with Crippen LogP contribution >= 0.6 is 11.3 Å². The first-order valence-electron chi connectivity index (χ1n) is 14.2. The summed E-state index contributed by atoms with van der Waals surface area (Å²) in [5.41, 5.74) is 10.0. The molecule has 0 unspecified atom stereocenters. The number of rotatable bonds is 4. The molecule has 0 atom stereocenters. The lowest BCUT2D eigenvalue weighted by atomic mass is 10.0. The largest absolute Gasteiger partial charge is 0.236 e. The molecule has 5 heteroatoms. The molecule has 0 radical (unpaired) electrons. The highest BCUT2D eigenvalue weighted by Crippen LogP contribution is 2.36. The zero-order chi connectivity index (χ0) is 28.3. The van der Waals surface area contributed by atoms with Crippen LogP contribution in [0.5, 0.6) is 0 Å². The lowest BCUT2D eigenvalue weighted by molar-refractivity contribution is 1.20. The number of hydrogen-bond donors (Lipinski definition) is 0. The van der Waals surface area contributed by atoms with Crippen LogP contribution in [-0.2, 0) is 0 Å². The molecule has 8 rings (SSSR count). The Kier molecular flexibility index (Phi) is 5.78. The van der Waals surface area contributed by atoms with E-state index in [0.717, 1.165) is 55.6 Å². The van der Waals surface area contributed by atoms with Gasteiger partial charge in [-0.05, 0) is 51.3 Å². The van der Waals surface area contributed by atoms with Gasteiger partial charge in [-0.25, -0.2) is 15.0 Å². The highest BCUT2D eigenvalue weighted by molar-refractivity contribution is 7.21. The average Bonchev–Trinajstić information content (AvgIpc) is 3.58. The molecule has 0 saturated heterocycles. The van der Waals surface area contributed by atoms with Crippen LogP contribution in [-0.4, -0.2) is 23.0 Å². The van der Waals surface area contributed by atoms with Gasteiger partial charge >= 0.3 is 0 Å². The van der Waals surface area contributed by atoms with Gasteiger partial charge in [-0.15, -0.1) is 11.3 Å². The molecule has 1 aliphatic rings. The summed E-state index contributed by atoms with van der Waals surface area (Å²) in [6.07, 6.45) is 0. The van der Waals surface area contributed by atoms with Crippen LogP contribution in [0.3, 0.4) is 0 Å². The van der Waals surface area contributed by atoms with Gasteiger partial charge in [0.25, 0.3) is 0 Å². The van der Waals surface area contributed by atoms with Crippen molar-refractivity contribution < 1.29 is 0 Å². The molecule has 0 spiro atoms. The molecule has 1 aliphatic heterocycles. The molecule has 2 aromatic heterocycles. The first-order valence-corrected chi connectivity index (χ1v) is 18.0. The summed E-state index contributed by atoms with van der Waals surface area (Å²) in [5, 5.41) is 3.80. The Labute approximate surface area is 250 Å². The normalized spacial score (nSPS) is 13.2. The zero-order valence-electron chi connectivity index (χ0n) is 23.4. The predicted octanol–water partition coefficient (Wildman–Crippen LogP) is 8.56. The standard InChI is InChI=1S/C37H27N3SSi/c1-42(2)32-21-9-6-18-29(32)34-35(42)33(24-12-4-3-5-13-24)39-36(40-34)27-16-10-14-25(22-27)26-15-11-17-28(23-26)37-38-30-19-7-8-20-31(30)41-37/h3-23H,1-2H3. The number of aromatic nitrogens is 3. The second-order valence-electron chi connectivity index (χ2n) is 11.3. The molecule has 3 heterocycles. The van der Waals surface area contributed by atoms with E-state index >= 15 is 0 Å². The Morgan fingerprint density at radius 2 is 1.14 bits per heavy atom. The van der Waals surface area contributed by atoms with E-state index in [4.69, 9.17) is 15.0 Å². The van der Waals surface area contributed by atoms with Crippen molar-refractivity contribution in [2.75, 3.05) is 0 Å². The van der Waals surface area contributed by atoms with E-state index in [1.54, 1.807) is 11.3 Å². The van der Waals surface area contributed by atoms with Crippen LogP contribution in [0.25, 0.3) is 65.8 Å². The molecule has 200 valence electrons. The van der Waals surface area contributed by atoms with Crippen LogP contribution < -0.4 is 10.4 Å². The van der Waals surface area contributed by atoms with Crippen molar-refractivity contribution in [2.24, 2.45) is 0 Å². The molecule has 0 fully saturated rings. The van der Waals surface area contributed by atoms with Crippen molar-refractivity contribution in [3.05, 3.63) is 127 Å². The van der Waals surface area contributed by atoms with Gasteiger partial charge in [0.15, 0.2) is 5.82 Å². The Morgan fingerprint density at radius 3 is 1.95 bits per heavy atom. The minimum Gasteiger partial charge on any atom is -0.236 e.